The summed E-state index contributed by atoms with van der Waals surface area (Å²) in [5.74, 6) is 0.793. The number of nitrogens with one attached hydrogen (secondary N) is 2. The van der Waals surface area contributed by atoms with Gasteiger partial charge in [-0.05, 0) is 54.1 Å². The maximum Gasteiger partial charge on any atom is 0.261 e. The number of ether oxygens (including phenoxy) is 2. The van der Waals surface area contributed by atoms with Gasteiger partial charge < -0.3 is 14.8 Å². The molecule has 30 heavy (non-hydrogen) atoms. The Bertz CT molecular complexity index is 1100. The van der Waals surface area contributed by atoms with E-state index in [4.69, 9.17) is 9.47 Å². The molecule has 3 aromatic rings. The van der Waals surface area contributed by atoms with Crippen LogP contribution in [0.1, 0.15) is 15.9 Å². The monoisotopic (exact) mass is 427 g/mol. The van der Waals surface area contributed by atoms with Crippen molar-refractivity contribution in [3.05, 3.63) is 78.0 Å². The van der Waals surface area contributed by atoms with Crippen LogP contribution in [-0.4, -0.2) is 33.5 Å². The maximum atomic E-state index is 12.5. The summed E-state index contributed by atoms with van der Waals surface area (Å²) >= 11 is 0. The van der Waals surface area contributed by atoms with E-state index < -0.39 is 10.0 Å². The van der Waals surface area contributed by atoms with Gasteiger partial charge >= 0.3 is 0 Å². The van der Waals surface area contributed by atoms with Crippen LogP contribution in [0.5, 0.6) is 11.6 Å². The van der Waals surface area contributed by atoms with Crippen LogP contribution in [-0.2, 0) is 16.6 Å². The molecular formula is C21H21N3O5S. The number of carbonyl (C=O) groups excluding carboxylic acids is 1. The molecule has 0 radical (unpaired) electrons. The average molecular weight is 427 g/mol. The fourth-order valence-corrected chi connectivity index (χ4v) is 3.64. The molecule has 1 aromatic heterocycles. The Kier molecular flexibility index (Phi) is 6.53. The van der Waals surface area contributed by atoms with Crippen LogP contribution in [0.15, 0.2) is 71.8 Å². The van der Waals surface area contributed by atoms with Gasteiger partial charge in [-0.1, -0.05) is 6.07 Å². The molecule has 0 bridgehead atoms. The Morgan fingerprint density at radius 3 is 2.20 bits per heavy atom. The van der Waals surface area contributed by atoms with Crippen LogP contribution in [0.3, 0.4) is 0 Å². The van der Waals surface area contributed by atoms with Crippen molar-refractivity contribution in [2.24, 2.45) is 0 Å². The minimum Gasteiger partial charge on any atom is -0.497 e. The van der Waals surface area contributed by atoms with Crippen LogP contribution in [0.4, 0.5) is 5.69 Å². The third kappa shape index (κ3) is 5.26. The van der Waals surface area contributed by atoms with Gasteiger partial charge in [0.1, 0.15) is 5.75 Å². The van der Waals surface area contributed by atoms with E-state index in [1.165, 1.54) is 38.5 Å². The molecule has 3 rings (SSSR count). The van der Waals surface area contributed by atoms with Gasteiger partial charge in [0.15, 0.2) is 0 Å². The van der Waals surface area contributed by atoms with E-state index in [0.717, 1.165) is 5.56 Å². The van der Waals surface area contributed by atoms with Crippen molar-refractivity contribution in [3.8, 4) is 11.6 Å². The van der Waals surface area contributed by atoms with Crippen molar-refractivity contribution in [2.75, 3.05) is 18.9 Å². The van der Waals surface area contributed by atoms with Gasteiger partial charge in [0, 0.05) is 30.1 Å². The molecular weight excluding hydrogens is 406 g/mol. The van der Waals surface area contributed by atoms with E-state index in [0.29, 0.717) is 22.9 Å². The molecule has 1 heterocycles. The number of methoxy groups -OCH3 is 2. The average Bonchev–Trinajstić information content (AvgIpc) is 2.78. The number of nitrogens with zero attached hydrogens (tertiary/aromatic N) is 1. The number of rotatable bonds is 8. The van der Waals surface area contributed by atoms with Gasteiger partial charge in [0.25, 0.3) is 15.9 Å². The summed E-state index contributed by atoms with van der Waals surface area (Å²) in [5, 5.41) is 2.76. The first kappa shape index (κ1) is 21.1. The number of hydrogen-bond donors (Lipinski definition) is 2. The molecule has 0 spiro atoms. The van der Waals surface area contributed by atoms with Gasteiger partial charge in [-0.25, -0.2) is 13.4 Å². The number of aromatic nitrogens is 1. The molecule has 0 saturated heterocycles. The zero-order valence-corrected chi connectivity index (χ0v) is 17.3. The van der Waals surface area contributed by atoms with Crippen LogP contribution in [0.25, 0.3) is 0 Å². The van der Waals surface area contributed by atoms with E-state index >= 15 is 0 Å². The van der Waals surface area contributed by atoms with Gasteiger partial charge in [-0.2, -0.15) is 0 Å². The third-order valence-electron chi connectivity index (χ3n) is 4.23. The lowest BCUT2D eigenvalue weighted by Gasteiger charge is -2.10. The Morgan fingerprint density at radius 2 is 1.63 bits per heavy atom. The Labute approximate surface area is 174 Å². The van der Waals surface area contributed by atoms with Crippen LogP contribution >= 0.6 is 0 Å². The Hall–Kier alpha value is -3.59. The lowest BCUT2D eigenvalue weighted by Crippen LogP contribution is -2.23. The second-order valence-electron chi connectivity index (χ2n) is 6.25. The second kappa shape index (κ2) is 9.27. The molecule has 2 N–H and O–H groups in total. The summed E-state index contributed by atoms with van der Waals surface area (Å²) in [6.07, 6.45) is 1.61. The maximum absolute atomic E-state index is 12.5. The topological polar surface area (TPSA) is 107 Å². The molecule has 9 heteroatoms. The molecule has 0 atom stereocenters. The zero-order valence-electron chi connectivity index (χ0n) is 16.5. The van der Waals surface area contributed by atoms with Crippen LogP contribution < -0.4 is 19.5 Å². The Balaban J connectivity index is 1.62. The lowest BCUT2D eigenvalue weighted by molar-refractivity contribution is 0.0951. The largest absolute Gasteiger partial charge is 0.497 e. The summed E-state index contributed by atoms with van der Waals surface area (Å²) in [5.41, 5.74) is 1.57. The molecule has 0 fully saturated rings. The highest BCUT2D eigenvalue weighted by Gasteiger charge is 2.15. The highest BCUT2D eigenvalue weighted by Crippen LogP contribution is 2.19. The van der Waals surface area contributed by atoms with Crippen LogP contribution in [0.2, 0.25) is 0 Å². The molecule has 0 aliphatic carbocycles. The molecule has 2 aromatic carbocycles. The van der Waals surface area contributed by atoms with Crippen molar-refractivity contribution in [1.29, 1.82) is 0 Å². The van der Waals surface area contributed by atoms with Crippen molar-refractivity contribution in [2.45, 2.75) is 11.4 Å². The smallest absolute Gasteiger partial charge is 0.261 e. The minimum absolute atomic E-state index is 0.0502. The molecule has 0 aliphatic heterocycles. The van der Waals surface area contributed by atoms with E-state index in [-0.39, 0.29) is 17.3 Å². The first-order chi connectivity index (χ1) is 14.4. The van der Waals surface area contributed by atoms with E-state index in [9.17, 15) is 13.2 Å². The zero-order chi connectivity index (χ0) is 21.6. The molecule has 1 amide bonds. The van der Waals surface area contributed by atoms with Crippen molar-refractivity contribution in [3.63, 3.8) is 0 Å². The highest BCUT2D eigenvalue weighted by atomic mass is 32.2. The van der Waals surface area contributed by atoms with E-state index in [2.05, 4.69) is 15.0 Å². The number of anilines is 1. The molecule has 0 unspecified atom stereocenters. The first-order valence-corrected chi connectivity index (χ1v) is 10.4. The highest BCUT2D eigenvalue weighted by molar-refractivity contribution is 7.92. The molecule has 0 aliphatic rings. The summed E-state index contributed by atoms with van der Waals surface area (Å²) in [7, 11) is -0.719. The van der Waals surface area contributed by atoms with Gasteiger partial charge in [-0.3, -0.25) is 9.52 Å². The summed E-state index contributed by atoms with van der Waals surface area (Å²) < 4.78 is 37.6. The van der Waals surface area contributed by atoms with Gasteiger partial charge in [0.2, 0.25) is 5.88 Å². The van der Waals surface area contributed by atoms with Crippen molar-refractivity contribution < 1.29 is 22.7 Å². The van der Waals surface area contributed by atoms with Gasteiger partial charge in [0.05, 0.1) is 19.1 Å². The normalized spacial score (nSPS) is 10.9. The summed E-state index contributed by atoms with van der Waals surface area (Å²) in [6.45, 7) is 0.287. The quantitative estimate of drug-likeness (QED) is 0.573. The predicted molar refractivity (Wildman–Crippen MR) is 112 cm³/mol. The number of pyridine rings is 1. The lowest BCUT2D eigenvalue weighted by atomic mass is 10.2. The fraction of sp³-hybridized carbons (Fsp3) is 0.143. The van der Waals surface area contributed by atoms with E-state index in [1.807, 2.05) is 0 Å². The number of amides is 1. The standard InChI is InChI=1S/C21H21N3O5S/c1-28-18-8-6-17(7-9-18)24-30(26,27)19-10-4-16(5-11-19)21(25)23-14-15-3-12-20(29-2)22-13-15/h3-13,24H,14H2,1-2H3,(H,23,25). The van der Waals surface area contributed by atoms with Crippen LogP contribution in [0, 0.1) is 0 Å². The summed E-state index contributed by atoms with van der Waals surface area (Å²) in [4.78, 5) is 16.4. The Morgan fingerprint density at radius 1 is 0.933 bits per heavy atom. The molecule has 156 valence electrons. The van der Waals surface area contributed by atoms with E-state index in [1.54, 1.807) is 42.6 Å². The minimum atomic E-state index is -3.78. The van der Waals surface area contributed by atoms with Crippen molar-refractivity contribution in [1.82, 2.24) is 10.3 Å². The van der Waals surface area contributed by atoms with Crippen molar-refractivity contribution >= 4 is 21.6 Å². The number of carbonyl (C=O) groups is 1. The third-order valence-corrected chi connectivity index (χ3v) is 5.63. The fourth-order valence-electron chi connectivity index (χ4n) is 2.58. The number of benzene rings is 2. The second-order valence-corrected chi connectivity index (χ2v) is 7.93. The number of hydrogen-bond acceptors (Lipinski definition) is 6. The SMILES string of the molecule is COc1ccc(NS(=O)(=O)c2ccc(C(=O)NCc3ccc(OC)nc3)cc2)cc1. The molecule has 8 nitrogen and oxygen atoms in total. The first-order valence-electron chi connectivity index (χ1n) is 8.95. The number of sulfonamides is 1. The summed E-state index contributed by atoms with van der Waals surface area (Å²) in [6, 6.07) is 15.7. The predicted octanol–water partition coefficient (Wildman–Crippen LogP) is 2.83. The molecule has 0 saturated carbocycles. The van der Waals surface area contributed by atoms with Gasteiger partial charge in [-0.15, -0.1) is 0 Å².